The van der Waals surface area contributed by atoms with Crippen LogP contribution in [0.2, 0.25) is 0 Å². The zero-order valence-corrected chi connectivity index (χ0v) is 7.55. The van der Waals surface area contributed by atoms with E-state index < -0.39 is 6.10 Å². The molecule has 0 unspecified atom stereocenters. The van der Waals surface area contributed by atoms with Gasteiger partial charge in [-0.25, -0.2) is 9.97 Å². The number of aliphatic hydroxyl groups is 1. The Labute approximate surface area is 81.2 Å². The molecule has 2 rings (SSSR count). The van der Waals surface area contributed by atoms with E-state index in [1.165, 1.54) is 18.7 Å². The van der Waals surface area contributed by atoms with Crippen LogP contribution in [0.5, 0.6) is 0 Å². The van der Waals surface area contributed by atoms with Gasteiger partial charge in [-0.15, -0.1) is 0 Å². The van der Waals surface area contributed by atoms with Crippen LogP contribution in [0, 0.1) is 0 Å². The summed E-state index contributed by atoms with van der Waals surface area (Å²) in [6, 6.07) is -0.109. The Bertz CT molecular complexity index is 328. The standard InChI is InChI=1S/C9H11N3O2/c13-8-2-1-7(8)12-9(14)6-3-10-5-11-4-6/h3-5,7-8,13H,1-2H2,(H,12,14)/t7-,8-/m1/s1. The van der Waals surface area contributed by atoms with Crippen molar-refractivity contribution in [1.82, 2.24) is 15.3 Å². The van der Waals surface area contributed by atoms with Crippen molar-refractivity contribution < 1.29 is 9.90 Å². The fourth-order valence-corrected chi connectivity index (χ4v) is 1.32. The van der Waals surface area contributed by atoms with Crippen LogP contribution in [-0.2, 0) is 0 Å². The van der Waals surface area contributed by atoms with Gasteiger partial charge in [0.15, 0.2) is 0 Å². The van der Waals surface area contributed by atoms with Gasteiger partial charge in [-0.1, -0.05) is 0 Å². The second-order valence-electron chi connectivity index (χ2n) is 3.35. The number of hydrogen-bond acceptors (Lipinski definition) is 4. The van der Waals surface area contributed by atoms with Crippen molar-refractivity contribution in [2.75, 3.05) is 0 Å². The molecule has 1 saturated carbocycles. The smallest absolute Gasteiger partial charge is 0.254 e. The molecular weight excluding hydrogens is 182 g/mol. The molecule has 5 nitrogen and oxygen atoms in total. The molecule has 0 saturated heterocycles. The molecule has 5 heteroatoms. The van der Waals surface area contributed by atoms with Gasteiger partial charge in [0.2, 0.25) is 0 Å². The van der Waals surface area contributed by atoms with Crippen LogP contribution in [0.4, 0.5) is 0 Å². The Kier molecular flexibility index (Phi) is 2.41. The Hall–Kier alpha value is -1.49. The minimum Gasteiger partial charge on any atom is -0.391 e. The highest BCUT2D eigenvalue weighted by Crippen LogP contribution is 2.19. The summed E-state index contributed by atoms with van der Waals surface area (Å²) in [6.07, 6.45) is 5.47. The summed E-state index contributed by atoms with van der Waals surface area (Å²) in [7, 11) is 0. The fourth-order valence-electron chi connectivity index (χ4n) is 1.32. The molecule has 14 heavy (non-hydrogen) atoms. The molecule has 1 aliphatic rings. The van der Waals surface area contributed by atoms with E-state index in [9.17, 15) is 9.90 Å². The summed E-state index contributed by atoms with van der Waals surface area (Å²) in [6.45, 7) is 0. The highest BCUT2D eigenvalue weighted by molar-refractivity contribution is 5.93. The van der Waals surface area contributed by atoms with Crippen LogP contribution < -0.4 is 5.32 Å². The van der Waals surface area contributed by atoms with Gasteiger partial charge < -0.3 is 10.4 Å². The molecule has 74 valence electrons. The van der Waals surface area contributed by atoms with E-state index in [2.05, 4.69) is 15.3 Å². The predicted molar refractivity (Wildman–Crippen MR) is 48.5 cm³/mol. The SMILES string of the molecule is O=C(N[C@@H]1CC[C@H]1O)c1cncnc1. The third kappa shape index (κ3) is 1.72. The lowest BCUT2D eigenvalue weighted by Gasteiger charge is -2.32. The van der Waals surface area contributed by atoms with Gasteiger partial charge in [0.25, 0.3) is 5.91 Å². The van der Waals surface area contributed by atoms with Crippen LogP contribution in [0.3, 0.4) is 0 Å². The number of aliphatic hydroxyl groups excluding tert-OH is 1. The molecule has 1 aromatic heterocycles. The highest BCUT2D eigenvalue weighted by atomic mass is 16.3. The van der Waals surface area contributed by atoms with Gasteiger partial charge in [-0.05, 0) is 12.8 Å². The van der Waals surface area contributed by atoms with Gasteiger partial charge in [-0.3, -0.25) is 4.79 Å². The van der Waals surface area contributed by atoms with Gasteiger partial charge in [0.05, 0.1) is 17.7 Å². The number of rotatable bonds is 2. The molecule has 1 aromatic rings. The predicted octanol–water partition coefficient (Wildman–Crippen LogP) is -0.270. The summed E-state index contributed by atoms with van der Waals surface area (Å²) in [4.78, 5) is 19.0. The molecule has 1 fully saturated rings. The Balaban J connectivity index is 1.96. The maximum Gasteiger partial charge on any atom is 0.254 e. The van der Waals surface area contributed by atoms with Gasteiger partial charge >= 0.3 is 0 Å². The summed E-state index contributed by atoms with van der Waals surface area (Å²) in [5.74, 6) is -0.227. The summed E-state index contributed by atoms with van der Waals surface area (Å²) in [5, 5.41) is 12.0. The molecule has 2 atom stereocenters. The molecule has 0 radical (unpaired) electrons. The Morgan fingerprint density at radius 2 is 2.14 bits per heavy atom. The quantitative estimate of drug-likeness (QED) is 0.678. The zero-order valence-electron chi connectivity index (χ0n) is 7.55. The van der Waals surface area contributed by atoms with Crippen LogP contribution in [0.1, 0.15) is 23.2 Å². The number of aromatic nitrogens is 2. The lowest BCUT2D eigenvalue weighted by atomic mass is 9.89. The van der Waals surface area contributed by atoms with E-state index in [1.807, 2.05) is 0 Å². The van der Waals surface area contributed by atoms with Crippen molar-refractivity contribution in [3.63, 3.8) is 0 Å². The van der Waals surface area contributed by atoms with Crippen LogP contribution >= 0.6 is 0 Å². The first-order valence-corrected chi connectivity index (χ1v) is 4.51. The lowest BCUT2D eigenvalue weighted by molar-refractivity contribution is 0.0447. The van der Waals surface area contributed by atoms with Crippen LogP contribution in [-0.4, -0.2) is 33.1 Å². The monoisotopic (exact) mass is 193 g/mol. The molecule has 0 bridgehead atoms. The minimum absolute atomic E-state index is 0.109. The molecule has 1 heterocycles. The first kappa shape index (κ1) is 9.08. The average Bonchev–Trinajstić information content (AvgIpc) is 2.24. The fraction of sp³-hybridized carbons (Fsp3) is 0.444. The van der Waals surface area contributed by atoms with Gasteiger partial charge in [0, 0.05) is 12.4 Å². The van der Waals surface area contributed by atoms with Crippen molar-refractivity contribution in [2.45, 2.75) is 25.0 Å². The summed E-state index contributed by atoms with van der Waals surface area (Å²) < 4.78 is 0. The van der Waals surface area contributed by atoms with Crippen molar-refractivity contribution in [3.05, 3.63) is 24.3 Å². The second kappa shape index (κ2) is 3.71. The molecule has 2 N–H and O–H groups in total. The summed E-state index contributed by atoms with van der Waals surface area (Å²) >= 11 is 0. The number of nitrogens with zero attached hydrogens (tertiary/aromatic N) is 2. The van der Waals surface area contributed by atoms with E-state index in [0.717, 1.165) is 12.8 Å². The molecule has 0 aliphatic heterocycles. The third-order valence-corrected chi connectivity index (χ3v) is 2.38. The number of amides is 1. The van der Waals surface area contributed by atoms with Crippen molar-refractivity contribution in [2.24, 2.45) is 0 Å². The van der Waals surface area contributed by atoms with Crippen molar-refractivity contribution in [1.29, 1.82) is 0 Å². The van der Waals surface area contributed by atoms with Crippen LogP contribution in [0.15, 0.2) is 18.7 Å². The minimum atomic E-state index is -0.399. The van der Waals surface area contributed by atoms with E-state index in [1.54, 1.807) is 0 Å². The van der Waals surface area contributed by atoms with Gasteiger partial charge in [-0.2, -0.15) is 0 Å². The van der Waals surface area contributed by atoms with Crippen molar-refractivity contribution >= 4 is 5.91 Å². The molecule has 1 aliphatic carbocycles. The highest BCUT2D eigenvalue weighted by Gasteiger charge is 2.30. The Morgan fingerprint density at radius 3 is 2.64 bits per heavy atom. The van der Waals surface area contributed by atoms with Crippen molar-refractivity contribution in [3.8, 4) is 0 Å². The second-order valence-corrected chi connectivity index (χ2v) is 3.35. The maximum atomic E-state index is 11.5. The number of carbonyl (C=O) groups is 1. The molecule has 0 aromatic carbocycles. The summed E-state index contributed by atoms with van der Waals surface area (Å²) in [5.41, 5.74) is 0.423. The number of hydrogen-bond donors (Lipinski definition) is 2. The largest absolute Gasteiger partial charge is 0.391 e. The van der Waals surface area contributed by atoms with E-state index in [0.29, 0.717) is 5.56 Å². The number of carbonyl (C=O) groups excluding carboxylic acids is 1. The average molecular weight is 193 g/mol. The number of nitrogens with one attached hydrogen (secondary N) is 1. The zero-order chi connectivity index (χ0) is 9.97. The third-order valence-electron chi connectivity index (χ3n) is 2.38. The molecule has 1 amide bonds. The maximum absolute atomic E-state index is 11.5. The van der Waals surface area contributed by atoms with Crippen LogP contribution in [0.25, 0.3) is 0 Å². The van der Waals surface area contributed by atoms with Gasteiger partial charge in [0.1, 0.15) is 6.33 Å². The normalized spacial score (nSPS) is 25.2. The van der Waals surface area contributed by atoms with E-state index in [4.69, 9.17) is 0 Å². The lowest BCUT2D eigenvalue weighted by Crippen LogP contribution is -2.50. The Morgan fingerprint density at radius 1 is 1.43 bits per heavy atom. The molecular formula is C9H11N3O2. The van der Waals surface area contributed by atoms with E-state index >= 15 is 0 Å². The molecule has 0 spiro atoms. The topological polar surface area (TPSA) is 75.1 Å². The first-order valence-electron chi connectivity index (χ1n) is 4.51. The van der Waals surface area contributed by atoms with E-state index in [-0.39, 0.29) is 11.9 Å². The first-order chi connectivity index (χ1) is 6.77.